The summed E-state index contributed by atoms with van der Waals surface area (Å²) in [5, 5.41) is 3.03. The fourth-order valence-electron chi connectivity index (χ4n) is 4.64. The van der Waals surface area contributed by atoms with Crippen LogP contribution in [0.1, 0.15) is 46.3 Å². The minimum absolute atomic E-state index is 0.0392. The van der Waals surface area contributed by atoms with E-state index in [4.69, 9.17) is 0 Å². The molecule has 4 rings (SSSR count). The number of carbonyl (C=O) groups excluding carboxylic acids is 1. The van der Waals surface area contributed by atoms with E-state index in [-0.39, 0.29) is 11.7 Å². The van der Waals surface area contributed by atoms with E-state index in [9.17, 15) is 13.2 Å². The minimum Gasteiger partial charge on any atom is -0.348 e. The molecule has 7 nitrogen and oxygen atoms in total. The monoisotopic (exact) mass is 484 g/mol. The van der Waals surface area contributed by atoms with Gasteiger partial charge in [-0.25, -0.2) is 8.42 Å². The molecule has 0 aromatic heterocycles. The number of nitrogens with one attached hydrogen (secondary N) is 1. The number of piperidine rings is 1. The van der Waals surface area contributed by atoms with Gasteiger partial charge in [-0.05, 0) is 61.8 Å². The Hall–Kier alpha value is -2.26. The molecule has 2 aliphatic heterocycles. The second-order valence-corrected chi connectivity index (χ2v) is 11.4. The van der Waals surface area contributed by atoms with E-state index in [1.807, 2.05) is 13.1 Å². The first-order valence-corrected chi connectivity index (χ1v) is 13.8. The van der Waals surface area contributed by atoms with Crippen molar-refractivity contribution in [3.05, 3.63) is 70.8 Å². The van der Waals surface area contributed by atoms with Gasteiger partial charge in [0.2, 0.25) is 10.0 Å². The first-order valence-electron chi connectivity index (χ1n) is 12.2. The first kappa shape index (κ1) is 24.9. The number of nitrogens with zero attached hydrogens (tertiary/aromatic N) is 3. The van der Waals surface area contributed by atoms with Crippen molar-refractivity contribution in [1.82, 2.24) is 19.4 Å². The largest absolute Gasteiger partial charge is 0.348 e. The fraction of sp³-hybridized carbons (Fsp3) is 0.500. The number of likely N-dealkylation sites (tertiary alicyclic amines) is 1. The van der Waals surface area contributed by atoms with Crippen LogP contribution in [-0.2, 0) is 28.9 Å². The van der Waals surface area contributed by atoms with Crippen molar-refractivity contribution in [1.29, 1.82) is 0 Å². The van der Waals surface area contributed by atoms with Crippen LogP contribution < -0.4 is 5.32 Å². The third-order valence-electron chi connectivity index (χ3n) is 6.82. The van der Waals surface area contributed by atoms with Gasteiger partial charge < -0.3 is 10.2 Å². The Morgan fingerprint density at radius 2 is 1.50 bits per heavy atom. The normalized spacial score (nSPS) is 18.6. The molecule has 1 N–H and O–H groups in total. The number of likely N-dealkylation sites (N-methyl/N-ethyl adjacent to an activating group) is 1. The number of hydrogen-bond acceptors (Lipinski definition) is 5. The summed E-state index contributed by atoms with van der Waals surface area (Å²) in [7, 11) is -1.35. The van der Waals surface area contributed by atoms with E-state index in [0.717, 1.165) is 38.3 Å². The van der Waals surface area contributed by atoms with E-state index >= 15 is 0 Å². The standard InChI is InChI=1S/C26H36N4O3S/c1-28-15-17-30(18-16-28)34(32,33)21-22-9-11-23(12-10-22)26(31)27-19-24-7-3-4-8-25(24)20-29-13-5-2-6-14-29/h3-4,7-12H,2,5-6,13-21H2,1H3,(H,27,31). The number of hydrogen-bond donors (Lipinski definition) is 1. The predicted molar refractivity (Wildman–Crippen MR) is 135 cm³/mol. The lowest BCUT2D eigenvalue weighted by molar-refractivity contribution is 0.0950. The van der Waals surface area contributed by atoms with Crippen LogP contribution in [0, 0.1) is 0 Å². The highest BCUT2D eigenvalue weighted by Crippen LogP contribution is 2.17. The number of rotatable bonds is 8. The Bertz CT molecular complexity index is 1060. The summed E-state index contributed by atoms with van der Waals surface area (Å²) in [5.74, 6) is -0.191. The Balaban J connectivity index is 1.32. The van der Waals surface area contributed by atoms with Gasteiger partial charge in [0.15, 0.2) is 0 Å². The zero-order chi connectivity index (χ0) is 24.0. The molecule has 0 atom stereocenters. The van der Waals surface area contributed by atoms with Gasteiger partial charge in [-0.1, -0.05) is 42.8 Å². The second kappa shape index (κ2) is 11.4. The topological polar surface area (TPSA) is 73.0 Å². The average Bonchev–Trinajstić information content (AvgIpc) is 2.84. The third-order valence-corrected chi connectivity index (χ3v) is 8.67. The lowest BCUT2D eigenvalue weighted by atomic mass is 10.0. The number of benzene rings is 2. The molecule has 2 fully saturated rings. The van der Waals surface area contributed by atoms with Crippen molar-refractivity contribution in [3.8, 4) is 0 Å². The van der Waals surface area contributed by atoms with Gasteiger partial charge in [0.25, 0.3) is 5.91 Å². The van der Waals surface area contributed by atoms with Gasteiger partial charge >= 0.3 is 0 Å². The maximum atomic E-state index is 12.7. The van der Waals surface area contributed by atoms with E-state index in [1.54, 1.807) is 28.6 Å². The summed E-state index contributed by atoms with van der Waals surface area (Å²) in [6.45, 7) is 6.22. The van der Waals surface area contributed by atoms with Gasteiger partial charge in [0.1, 0.15) is 0 Å². The molecule has 2 aromatic rings. The van der Waals surface area contributed by atoms with Gasteiger partial charge in [0.05, 0.1) is 5.75 Å². The van der Waals surface area contributed by atoms with E-state index in [1.165, 1.54) is 24.8 Å². The van der Waals surface area contributed by atoms with Gasteiger partial charge in [0, 0.05) is 44.8 Å². The van der Waals surface area contributed by atoms with Crippen molar-refractivity contribution < 1.29 is 13.2 Å². The summed E-state index contributed by atoms with van der Waals surface area (Å²) in [6, 6.07) is 15.2. The van der Waals surface area contributed by atoms with Crippen molar-refractivity contribution >= 4 is 15.9 Å². The van der Waals surface area contributed by atoms with Crippen molar-refractivity contribution in [2.45, 2.75) is 38.1 Å². The molecule has 0 saturated carbocycles. The molecule has 2 aliphatic rings. The highest BCUT2D eigenvalue weighted by atomic mass is 32.2. The van der Waals surface area contributed by atoms with Crippen LogP contribution in [-0.4, -0.2) is 74.7 Å². The molecule has 0 radical (unpaired) electrons. The van der Waals surface area contributed by atoms with E-state index < -0.39 is 10.0 Å². The van der Waals surface area contributed by atoms with Crippen LogP contribution >= 0.6 is 0 Å². The zero-order valence-corrected chi connectivity index (χ0v) is 20.9. The third kappa shape index (κ3) is 6.66. The second-order valence-electron chi connectivity index (χ2n) is 9.44. The molecule has 184 valence electrons. The van der Waals surface area contributed by atoms with Gasteiger partial charge in [-0.3, -0.25) is 9.69 Å². The summed E-state index contributed by atoms with van der Waals surface area (Å²) in [4.78, 5) is 17.4. The van der Waals surface area contributed by atoms with Crippen LogP contribution in [0.25, 0.3) is 0 Å². The molecule has 0 aliphatic carbocycles. The quantitative estimate of drug-likeness (QED) is 0.624. The number of sulfonamides is 1. The molecule has 0 bridgehead atoms. The van der Waals surface area contributed by atoms with Crippen LogP contribution in [0.2, 0.25) is 0 Å². The van der Waals surface area contributed by atoms with E-state index in [0.29, 0.717) is 30.8 Å². The Morgan fingerprint density at radius 1 is 0.853 bits per heavy atom. The minimum atomic E-state index is -3.35. The fourth-order valence-corrected chi connectivity index (χ4v) is 6.16. The molecular weight excluding hydrogens is 448 g/mol. The SMILES string of the molecule is CN1CCN(S(=O)(=O)Cc2ccc(C(=O)NCc3ccccc3CN3CCCCC3)cc2)CC1. The Labute approximate surface area is 203 Å². The highest BCUT2D eigenvalue weighted by Gasteiger charge is 2.26. The summed E-state index contributed by atoms with van der Waals surface area (Å²) in [6.07, 6.45) is 3.83. The Kier molecular flexibility index (Phi) is 8.37. The molecule has 8 heteroatoms. The smallest absolute Gasteiger partial charge is 0.251 e. The molecule has 0 unspecified atom stereocenters. The molecule has 2 heterocycles. The van der Waals surface area contributed by atoms with Gasteiger partial charge in [-0.2, -0.15) is 4.31 Å². The summed E-state index contributed by atoms with van der Waals surface area (Å²) < 4.78 is 27.0. The summed E-state index contributed by atoms with van der Waals surface area (Å²) >= 11 is 0. The molecular formula is C26H36N4O3S. The van der Waals surface area contributed by atoms with E-state index in [2.05, 4.69) is 33.3 Å². The zero-order valence-electron chi connectivity index (χ0n) is 20.1. The number of carbonyl (C=O) groups is 1. The predicted octanol–water partition coefficient (Wildman–Crippen LogP) is 2.68. The van der Waals surface area contributed by atoms with Crippen molar-refractivity contribution in [2.75, 3.05) is 46.3 Å². The van der Waals surface area contributed by atoms with Crippen LogP contribution in [0.3, 0.4) is 0 Å². The maximum Gasteiger partial charge on any atom is 0.251 e. The van der Waals surface area contributed by atoms with Crippen molar-refractivity contribution in [3.63, 3.8) is 0 Å². The molecule has 0 spiro atoms. The lowest BCUT2D eigenvalue weighted by Gasteiger charge is -2.31. The highest BCUT2D eigenvalue weighted by molar-refractivity contribution is 7.88. The molecule has 34 heavy (non-hydrogen) atoms. The first-order chi connectivity index (χ1) is 16.4. The van der Waals surface area contributed by atoms with Crippen LogP contribution in [0.4, 0.5) is 0 Å². The number of piperazine rings is 1. The molecule has 2 saturated heterocycles. The van der Waals surface area contributed by atoms with Crippen LogP contribution in [0.5, 0.6) is 0 Å². The molecule has 2 aromatic carbocycles. The van der Waals surface area contributed by atoms with Crippen LogP contribution in [0.15, 0.2) is 48.5 Å². The lowest BCUT2D eigenvalue weighted by Crippen LogP contribution is -2.47. The van der Waals surface area contributed by atoms with Crippen molar-refractivity contribution in [2.24, 2.45) is 0 Å². The average molecular weight is 485 g/mol. The van der Waals surface area contributed by atoms with Gasteiger partial charge in [-0.15, -0.1) is 0 Å². The number of amides is 1. The summed E-state index contributed by atoms with van der Waals surface area (Å²) in [5.41, 5.74) is 3.63. The maximum absolute atomic E-state index is 12.7. The molecule has 1 amide bonds. The Morgan fingerprint density at radius 3 is 2.18 bits per heavy atom.